The van der Waals surface area contributed by atoms with E-state index in [-0.39, 0.29) is 23.0 Å². The Bertz CT molecular complexity index is 949. The number of aryl methyl sites for hydroxylation is 1. The van der Waals surface area contributed by atoms with Gasteiger partial charge in [-0.2, -0.15) is 4.31 Å². The van der Waals surface area contributed by atoms with Crippen molar-refractivity contribution in [3.05, 3.63) is 53.6 Å². The van der Waals surface area contributed by atoms with Gasteiger partial charge >= 0.3 is 0 Å². The van der Waals surface area contributed by atoms with Crippen LogP contribution in [0.4, 0.5) is 5.69 Å². The highest BCUT2D eigenvalue weighted by Gasteiger charge is 2.29. The van der Waals surface area contributed by atoms with Crippen LogP contribution in [0.15, 0.2) is 47.4 Å². The molecule has 0 saturated carbocycles. The Morgan fingerprint density at radius 1 is 1.03 bits per heavy atom. The molecule has 156 valence electrons. The average Bonchev–Trinajstić information content (AvgIpc) is 2.74. The van der Waals surface area contributed by atoms with E-state index in [0.29, 0.717) is 18.8 Å². The first kappa shape index (κ1) is 21.3. The third-order valence-corrected chi connectivity index (χ3v) is 7.10. The molecule has 1 aliphatic rings. The normalized spacial score (nSPS) is 15.1. The van der Waals surface area contributed by atoms with Crippen molar-refractivity contribution in [1.29, 1.82) is 0 Å². The molecule has 2 aromatic carbocycles. The van der Waals surface area contributed by atoms with Crippen molar-refractivity contribution >= 4 is 21.6 Å². The highest BCUT2D eigenvalue weighted by Crippen LogP contribution is 2.31. The van der Waals surface area contributed by atoms with Gasteiger partial charge in [-0.05, 0) is 48.6 Å². The molecular weight excluding hydrogens is 388 g/mol. The van der Waals surface area contributed by atoms with E-state index in [0.717, 1.165) is 31.2 Å². The maximum Gasteiger partial charge on any atom is 0.246 e. The second-order valence-corrected chi connectivity index (χ2v) is 9.13. The molecule has 0 atom stereocenters. The Balaban J connectivity index is 1.77. The number of methoxy groups -OCH3 is 1. The van der Waals surface area contributed by atoms with Crippen molar-refractivity contribution in [1.82, 2.24) is 4.31 Å². The number of carbonyl (C=O) groups excluding carboxylic acids is 1. The SMILES string of the molecule is CCc1ccc(CC(=O)Nc2ccc(OC)c(S(=O)(=O)N3CCCCC3)c2)cc1. The summed E-state index contributed by atoms with van der Waals surface area (Å²) in [6.07, 6.45) is 3.93. The predicted molar refractivity (Wildman–Crippen MR) is 114 cm³/mol. The Morgan fingerprint density at radius 2 is 1.69 bits per heavy atom. The summed E-state index contributed by atoms with van der Waals surface area (Å²) in [5, 5.41) is 2.81. The van der Waals surface area contributed by atoms with Gasteiger partial charge in [0.05, 0.1) is 13.5 Å². The lowest BCUT2D eigenvalue weighted by molar-refractivity contribution is -0.115. The van der Waals surface area contributed by atoms with E-state index in [4.69, 9.17) is 4.74 Å². The zero-order valence-corrected chi connectivity index (χ0v) is 17.8. The summed E-state index contributed by atoms with van der Waals surface area (Å²) in [5.41, 5.74) is 2.57. The van der Waals surface area contributed by atoms with Crippen LogP contribution in [-0.2, 0) is 27.7 Å². The fraction of sp³-hybridized carbons (Fsp3) is 0.409. The molecule has 1 heterocycles. The number of rotatable bonds is 7. The fourth-order valence-corrected chi connectivity index (χ4v) is 5.18. The summed E-state index contributed by atoms with van der Waals surface area (Å²) in [6, 6.07) is 12.6. The van der Waals surface area contributed by atoms with E-state index >= 15 is 0 Å². The quantitative estimate of drug-likeness (QED) is 0.748. The minimum Gasteiger partial charge on any atom is -0.495 e. The highest BCUT2D eigenvalue weighted by atomic mass is 32.2. The first-order valence-corrected chi connectivity index (χ1v) is 11.4. The van der Waals surface area contributed by atoms with Gasteiger partial charge in [0.1, 0.15) is 10.6 Å². The molecule has 6 nitrogen and oxygen atoms in total. The van der Waals surface area contributed by atoms with Gasteiger partial charge in [-0.15, -0.1) is 0 Å². The van der Waals surface area contributed by atoms with Crippen LogP contribution in [0.25, 0.3) is 0 Å². The zero-order chi connectivity index (χ0) is 20.9. The molecule has 7 heteroatoms. The summed E-state index contributed by atoms with van der Waals surface area (Å²) < 4.78 is 33.0. The molecule has 29 heavy (non-hydrogen) atoms. The largest absolute Gasteiger partial charge is 0.495 e. The van der Waals surface area contributed by atoms with Crippen molar-refractivity contribution in [2.24, 2.45) is 0 Å². The highest BCUT2D eigenvalue weighted by molar-refractivity contribution is 7.89. The molecule has 0 unspecified atom stereocenters. The first-order valence-electron chi connectivity index (χ1n) is 10.00. The summed E-state index contributed by atoms with van der Waals surface area (Å²) in [7, 11) is -2.23. The topological polar surface area (TPSA) is 75.7 Å². The van der Waals surface area contributed by atoms with Gasteiger partial charge in [0.15, 0.2) is 0 Å². The second kappa shape index (κ2) is 9.41. The van der Waals surface area contributed by atoms with E-state index < -0.39 is 10.0 Å². The van der Waals surface area contributed by atoms with E-state index in [1.165, 1.54) is 23.0 Å². The van der Waals surface area contributed by atoms with E-state index in [1.807, 2.05) is 24.3 Å². The molecule has 1 saturated heterocycles. The molecule has 0 radical (unpaired) electrons. The standard InChI is InChI=1S/C22H28N2O4S/c1-3-17-7-9-18(10-8-17)15-22(25)23-19-11-12-20(28-2)21(16-19)29(26,27)24-13-5-4-6-14-24/h7-12,16H,3-6,13-15H2,1-2H3,(H,23,25). The molecule has 1 fully saturated rings. The number of anilines is 1. The van der Waals surface area contributed by atoms with E-state index in [9.17, 15) is 13.2 Å². The van der Waals surface area contributed by atoms with E-state index in [2.05, 4.69) is 12.2 Å². The van der Waals surface area contributed by atoms with Crippen LogP contribution in [0.5, 0.6) is 5.75 Å². The number of carbonyl (C=O) groups is 1. The van der Waals surface area contributed by atoms with E-state index in [1.54, 1.807) is 12.1 Å². The lowest BCUT2D eigenvalue weighted by Gasteiger charge is -2.26. The van der Waals surface area contributed by atoms with Crippen LogP contribution < -0.4 is 10.1 Å². The summed E-state index contributed by atoms with van der Waals surface area (Å²) in [6.45, 7) is 3.10. The molecule has 3 rings (SSSR count). The number of benzene rings is 2. The second-order valence-electron chi connectivity index (χ2n) is 7.23. The van der Waals surface area contributed by atoms with Crippen LogP contribution in [0.1, 0.15) is 37.3 Å². The number of ether oxygens (including phenoxy) is 1. The van der Waals surface area contributed by atoms with Crippen LogP contribution in [0.3, 0.4) is 0 Å². The third kappa shape index (κ3) is 5.16. The molecule has 0 aliphatic carbocycles. The maximum absolute atomic E-state index is 13.1. The Labute approximate surface area is 172 Å². The fourth-order valence-electron chi connectivity index (χ4n) is 3.48. The van der Waals surface area contributed by atoms with Crippen LogP contribution in [0, 0.1) is 0 Å². The van der Waals surface area contributed by atoms with Crippen molar-refractivity contribution in [3.63, 3.8) is 0 Å². The molecule has 0 spiro atoms. The summed E-state index contributed by atoms with van der Waals surface area (Å²) in [5.74, 6) is 0.0875. The number of sulfonamides is 1. The van der Waals surface area contributed by atoms with Gasteiger partial charge in [0, 0.05) is 18.8 Å². The first-order chi connectivity index (χ1) is 13.9. The Kier molecular flexibility index (Phi) is 6.92. The number of hydrogen-bond acceptors (Lipinski definition) is 4. The monoisotopic (exact) mass is 416 g/mol. The lowest BCUT2D eigenvalue weighted by atomic mass is 10.1. The predicted octanol–water partition coefficient (Wildman–Crippen LogP) is 3.61. The molecule has 1 aliphatic heterocycles. The minimum absolute atomic E-state index is 0.0898. The number of hydrogen-bond donors (Lipinski definition) is 1. The number of amides is 1. The van der Waals surface area contributed by atoms with Crippen molar-refractivity contribution < 1.29 is 17.9 Å². The van der Waals surface area contributed by atoms with Gasteiger partial charge in [-0.3, -0.25) is 4.79 Å². The molecule has 0 aromatic heterocycles. The van der Waals surface area contributed by atoms with Gasteiger partial charge in [0.2, 0.25) is 15.9 Å². The number of nitrogens with one attached hydrogen (secondary N) is 1. The van der Waals surface area contributed by atoms with Gasteiger partial charge in [-0.25, -0.2) is 8.42 Å². The summed E-state index contributed by atoms with van der Waals surface area (Å²) in [4.78, 5) is 12.5. The Morgan fingerprint density at radius 3 is 2.31 bits per heavy atom. The third-order valence-electron chi connectivity index (χ3n) is 5.18. The molecule has 1 N–H and O–H groups in total. The van der Waals surface area contributed by atoms with Crippen molar-refractivity contribution in [2.75, 3.05) is 25.5 Å². The minimum atomic E-state index is -3.67. The van der Waals surface area contributed by atoms with Gasteiger partial charge in [-0.1, -0.05) is 37.6 Å². The van der Waals surface area contributed by atoms with Gasteiger partial charge in [0.25, 0.3) is 0 Å². The Hall–Kier alpha value is -2.38. The zero-order valence-electron chi connectivity index (χ0n) is 17.0. The number of nitrogens with zero attached hydrogens (tertiary/aromatic N) is 1. The van der Waals surface area contributed by atoms with Crippen molar-refractivity contribution in [3.8, 4) is 5.75 Å². The van der Waals surface area contributed by atoms with Crippen molar-refractivity contribution in [2.45, 2.75) is 43.9 Å². The smallest absolute Gasteiger partial charge is 0.246 e. The molecule has 0 bridgehead atoms. The molecular formula is C22H28N2O4S. The van der Waals surface area contributed by atoms with Gasteiger partial charge < -0.3 is 10.1 Å². The van der Waals surface area contributed by atoms with Crippen LogP contribution in [0.2, 0.25) is 0 Å². The average molecular weight is 417 g/mol. The molecule has 1 amide bonds. The molecule has 2 aromatic rings. The van der Waals surface area contributed by atoms with Crippen LogP contribution >= 0.6 is 0 Å². The number of piperidine rings is 1. The lowest BCUT2D eigenvalue weighted by Crippen LogP contribution is -2.35. The summed E-state index contributed by atoms with van der Waals surface area (Å²) >= 11 is 0. The maximum atomic E-state index is 13.1. The van der Waals surface area contributed by atoms with Crippen LogP contribution in [-0.4, -0.2) is 38.8 Å².